The van der Waals surface area contributed by atoms with E-state index in [4.69, 9.17) is 11.6 Å². The Bertz CT molecular complexity index is 454. The summed E-state index contributed by atoms with van der Waals surface area (Å²) in [5.74, 6) is -0.156. The van der Waals surface area contributed by atoms with Crippen LogP contribution in [-0.2, 0) is 0 Å². The lowest BCUT2D eigenvalue weighted by atomic mass is 10.0. The van der Waals surface area contributed by atoms with Crippen LogP contribution in [0.4, 0.5) is 0 Å². The van der Waals surface area contributed by atoms with Crippen LogP contribution in [0.1, 0.15) is 38.2 Å². The lowest BCUT2D eigenvalue weighted by Crippen LogP contribution is -2.30. The van der Waals surface area contributed by atoms with Crippen molar-refractivity contribution in [2.45, 2.75) is 33.7 Å². The van der Waals surface area contributed by atoms with Gasteiger partial charge in [0.2, 0.25) is 0 Å². The molecule has 1 N–H and O–H groups in total. The summed E-state index contributed by atoms with van der Waals surface area (Å²) in [6, 6.07) is 3.42. The van der Waals surface area contributed by atoms with E-state index in [0.717, 1.165) is 0 Å². The molecule has 1 aromatic heterocycles. The second-order valence-corrected chi connectivity index (χ2v) is 6.15. The molecule has 0 radical (unpaired) electrons. The van der Waals surface area contributed by atoms with Gasteiger partial charge in [0, 0.05) is 17.3 Å². The van der Waals surface area contributed by atoms with Crippen LogP contribution < -0.4 is 5.32 Å². The van der Waals surface area contributed by atoms with Crippen molar-refractivity contribution in [3.8, 4) is 0 Å². The minimum Gasteiger partial charge on any atom is -0.347 e. The number of carbonyl (C=O) groups excluding carboxylic acids is 1. The average Bonchev–Trinajstić information content (AvgIpc) is 2.61. The Morgan fingerprint density at radius 3 is 2.41 bits per heavy atom. The molecule has 1 heterocycles. The number of halogens is 1. The molecule has 3 nitrogen and oxygen atoms in total. The van der Waals surface area contributed by atoms with Crippen LogP contribution in [0.15, 0.2) is 18.3 Å². The van der Waals surface area contributed by atoms with Crippen LogP contribution in [-0.4, -0.2) is 16.9 Å². The fourth-order valence-electron chi connectivity index (χ4n) is 2.29. The predicted molar refractivity (Wildman–Crippen MR) is 68.1 cm³/mol. The van der Waals surface area contributed by atoms with Crippen molar-refractivity contribution in [2.75, 3.05) is 0 Å². The summed E-state index contributed by atoms with van der Waals surface area (Å²) >= 11 is 5.83. The maximum Gasteiger partial charge on any atom is 0.270 e. The third-order valence-corrected chi connectivity index (χ3v) is 4.49. The monoisotopic (exact) mass is 252 g/mol. The second kappa shape index (κ2) is 3.70. The molecule has 1 aromatic rings. The van der Waals surface area contributed by atoms with Gasteiger partial charge in [-0.1, -0.05) is 39.3 Å². The van der Waals surface area contributed by atoms with Gasteiger partial charge in [-0.2, -0.15) is 0 Å². The molecule has 0 saturated heterocycles. The van der Waals surface area contributed by atoms with Crippen molar-refractivity contribution in [1.29, 1.82) is 0 Å². The van der Waals surface area contributed by atoms with Crippen molar-refractivity contribution < 1.29 is 4.79 Å². The summed E-state index contributed by atoms with van der Waals surface area (Å²) in [6.07, 6.45) is 1.54. The van der Waals surface area contributed by atoms with Crippen molar-refractivity contribution in [3.05, 3.63) is 29.0 Å². The molecule has 4 heteroatoms. The predicted octanol–water partition coefficient (Wildman–Crippen LogP) is 2.90. The zero-order valence-corrected chi connectivity index (χ0v) is 11.3. The molecule has 17 heavy (non-hydrogen) atoms. The highest BCUT2D eigenvalue weighted by molar-refractivity contribution is 6.30. The molecule has 0 spiro atoms. The lowest BCUT2D eigenvalue weighted by Gasteiger charge is -2.06. The van der Waals surface area contributed by atoms with Crippen LogP contribution >= 0.6 is 11.6 Å². The number of rotatable bonds is 2. The third kappa shape index (κ3) is 1.93. The van der Waals surface area contributed by atoms with Gasteiger partial charge in [0.05, 0.1) is 0 Å². The van der Waals surface area contributed by atoms with Gasteiger partial charge in [0.25, 0.3) is 5.91 Å². The molecular weight excluding hydrogens is 236 g/mol. The topological polar surface area (TPSA) is 42.0 Å². The van der Waals surface area contributed by atoms with Gasteiger partial charge in [0.15, 0.2) is 0 Å². The van der Waals surface area contributed by atoms with Gasteiger partial charge < -0.3 is 5.32 Å². The van der Waals surface area contributed by atoms with E-state index in [2.05, 4.69) is 38.0 Å². The number of aromatic nitrogens is 1. The van der Waals surface area contributed by atoms with E-state index >= 15 is 0 Å². The van der Waals surface area contributed by atoms with E-state index < -0.39 is 0 Å². The fraction of sp³-hybridized carbons (Fsp3) is 0.538. The van der Waals surface area contributed by atoms with Crippen molar-refractivity contribution in [2.24, 2.45) is 10.8 Å². The Labute approximate surface area is 107 Å². The maximum atomic E-state index is 12.0. The molecule has 1 aliphatic rings. The van der Waals surface area contributed by atoms with E-state index in [9.17, 15) is 4.79 Å². The van der Waals surface area contributed by atoms with Gasteiger partial charge >= 0.3 is 0 Å². The molecule has 0 atom stereocenters. The highest BCUT2D eigenvalue weighted by atomic mass is 35.5. The molecule has 1 amide bonds. The van der Waals surface area contributed by atoms with Gasteiger partial charge in [0.1, 0.15) is 5.69 Å². The van der Waals surface area contributed by atoms with Crippen LogP contribution in [0, 0.1) is 10.8 Å². The van der Waals surface area contributed by atoms with E-state index in [0.29, 0.717) is 10.7 Å². The second-order valence-electron chi connectivity index (χ2n) is 5.71. The Morgan fingerprint density at radius 1 is 1.35 bits per heavy atom. The number of pyridine rings is 1. The Kier molecular flexibility index (Phi) is 2.69. The van der Waals surface area contributed by atoms with E-state index in [-0.39, 0.29) is 22.8 Å². The maximum absolute atomic E-state index is 12.0. The molecule has 1 aliphatic carbocycles. The van der Waals surface area contributed by atoms with Crippen LogP contribution in [0.2, 0.25) is 5.02 Å². The number of hydrogen-bond donors (Lipinski definition) is 1. The summed E-state index contributed by atoms with van der Waals surface area (Å²) in [5.41, 5.74) is 0.624. The molecule has 2 rings (SSSR count). The third-order valence-electron chi connectivity index (χ3n) is 4.25. The molecule has 0 aliphatic heterocycles. The highest BCUT2D eigenvalue weighted by Crippen LogP contribution is 2.62. The van der Waals surface area contributed by atoms with Crippen molar-refractivity contribution >= 4 is 17.5 Å². The largest absolute Gasteiger partial charge is 0.347 e. The van der Waals surface area contributed by atoms with Gasteiger partial charge in [-0.15, -0.1) is 0 Å². The average molecular weight is 253 g/mol. The van der Waals surface area contributed by atoms with Crippen LogP contribution in [0.3, 0.4) is 0 Å². The molecule has 0 bridgehead atoms. The molecular formula is C13H17ClN2O. The number of amides is 1. The summed E-state index contributed by atoms with van der Waals surface area (Å²) in [6.45, 7) is 8.62. The summed E-state index contributed by atoms with van der Waals surface area (Å²) < 4.78 is 0. The molecule has 1 saturated carbocycles. The number of nitrogens with one attached hydrogen (secondary N) is 1. The molecule has 0 unspecified atom stereocenters. The van der Waals surface area contributed by atoms with E-state index in [1.54, 1.807) is 18.3 Å². The zero-order chi connectivity index (χ0) is 12.8. The van der Waals surface area contributed by atoms with E-state index in [1.165, 1.54) is 0 Å². The summed E-state index contributed by atoms with van der Waals surface area (Å²) in [7, 11) is 0. The van der Waals surface area contributed by atoms with E-state index in [1.807, 2.05) is 0 Å². The fourth-order valence-corrected chi connectivity index (χ4v) is 2.45. The highest BCUT2D eigenvalue weighted by Gasteiger charge is 2.65. The van der Waals surface area contributed by atoms with Crippen molar-refractivity contribution in [3.63, 3.8) is 0 Å². The van der Waals surface area contributed by atoms with Gasteiger partial charge in [-0.05, 0) is 23.0 Å². The first-order valence-corrected chi connectivity index (χ1v) is 6.07. The SMILES string of the molecule is CC1(C)C(NC(=O)c2cc(Cl)ccn2)C1(C)C. The normalized spacial score (nSPS) is 21.0. The first-order valence-electron chi connectivity index (χ1n) is 5.69. The molecule has 0 aromatic carbocycles. The quantitative estimate of drug-likeness (QED) is 0.879. The first-order chi connectivity index (χ1) is 7.76. The summed E-state index contributed by atoms with van der Waals surface area (Å²) in [5, 5.41) is 3.55. The number of hydrogen-bond acceptors (Lipinski definition) is 2. The van der Waals surface area contributed by atoms with Crippen LogP contribution in [0.25, 0.3) is 0 Å². The standard InChI is InChI=1S/C13H17ClN2O/c1-12(2)11(13(12,3)4)16-10(17)9-7-8(14)5-6-15-9/h5-7,11H,1-4H3,(H,16,17). The minimum atomic E-state index is -0.156. The van der Waals surface area contributed by atoms with Gasteiger partial charge in [-0.25, -0.2) is 0 Å². The smallest absolute Gasteiger partial charge is 0.270 e. The Balaban J connectivity index is 2.10. The zero-order valence-electron chi connectivity index (χ0n) is 10.5. The Hall–Kier alpha value is -1.09. The number of nitrogens with zero attached hydrogens (tertiary/aromatic N) is 1. The summed E-state index contributed by atoms with van der Waals surface area (Å²) in [4.78, 5) is 16.0. The van der Waals surface area contributed by atoms with Crippen LogP contribution in [0.5, 0.6) is 0 Å². The molecule has 92 valence electrons. The molecule has 1 fully saturated rings. The van der Waals surface area contributed by atoms with Crippen molar-refractivity contribution in [1.82, 2.24) is 10.3 Å². The van der Waals surface area contributed by atoms with Gasteiger partial charge in [-0.3, -0.25) is 9.78 Å². The first kappa shape index (κ1) is 12.4. The number of carbonyl (C=O) groups is 1. The Morgan fingerprint density at radius 2 is 1.94 bits per heavy atom. The minimum absolute atomic E-state index is 0.126. The lowest BCUT2D eigenvalue weighted by molar-refractivity contribution is 0.0938.